The van der Waals surface area contributed by atoms with E-state index in [1.165, 1.54) is 41.7 Å². The molecule has 0 aromatic carbocycles. The standard InChI is InChI=1S/C29H29ClN8O3/c1-29(2,3)41-28(40)38-15-22(30)21-8-17(11-32-27(21)38)9-26(39)36-24-10-23(33-16-34-24)31-12-20-14-37-13-19(18-4-5-18)6-7-25(37)35-20/h6-8,10-11,13-16,18H,4-5,9,12H2,1-3H3,(H2,31,33,34,36,39). The fourth-order valence-corrected chi connectivity index (χ4v) is 4.78. The molecule has 0 radical (unpaired) electrons. The molecule has 41 heavy (non-hydrogen) atoms. The average molecular weight is 573 g/mol. The summed E-state index contributed by atoms with van der Waals surface area (Å²) in [6.45, 7) is 5.82. The van der Waals surface area contributed by atoms with Gasteiger partial charge in [0.25, 0.3) is 0 Å². The number of amides is 1. The molecule has 0 aliphatic heterocycles. The maximum absolute atomic E-state index is 12.8. The number of hydrogen-bond donors (Lipinski definition) is 2. The van der Waals surface area contributed by atoms with Crippen molar-refractivity contribution in [3.8, 4) is 0 Å². The average Bonchev–Trinajstić information content (AvgIpc) is 3.60. The van der Waals surface area contributed by atoms with Crippen LogP contribution in [0.2, 0.25) is 5.02 Å². The highest BCUT2D eigenvalue weighted by atomic mass is 35.5. The monoisotopic (exact) mass is 572 g/mol. The SMILES string of the molecule is CC(C)(C)OC(=O)n1cc(Cl)c2cc(CC(=O)Nc3cc(NCc4cn5cc(C6CC6)ccc5n4)ncn3)cnc21. The first-order valence-corrected chi connectivity index (χ1v) is 13.7. The van der Waals surface area contributed by atoms with E-state index in [0.717, 1.165) is 11.3 Å². The van der Waals surface area contributed by atoms with Crippen molar-refractivity contribution in [2.45, 2.75) is 58.1 Å². The second-order valence-electron chi connectivity index (χ2n) is 11.1. The Kier molecular flexibility index (Phi) is 6.82. The molecule has 5 heterocycles. The third kappa shape index (κ3) is 6.14. The summed E-state index contributed by atoms with van der Waals surface area (Å²) in [5.41, 5.74) is 3.45. The van der Waals surface area contributed by atoms with E-state index in [-0.39, 0.29) is 12.3 Å². The predicted octanol–water partition coefficient (Wildman–Crippen LogP) is 5.58. The lowest BCUT2D eigenvalue weighted by Gasteiger charge is -2.19. The molecule has 0 saturated heterocycles. The highest BCUT2D eigenvalue weighted by Crippen LogP contribution is 2.39. The molecule has 0 atom stereocenters. The molecule has 0 spiro atoms. The van der Waals surface area contributed by atoms with Crippen molar-refractivity contribution >= 4 is 51.9 Å². The number of imidazole rings is 1. The Morgan fingerprint density at radius 1 is 1.07 bits per heavy atom. The van der Waals surface area contributed by atoms with Gasteiger partial charge in [-0.25, -0.2) is 29.3 Å². The quantitative estimate of drug-likeness (QED) is 0.258. The van der Waals surface area contributed by atoms with E-state index >= 15 is 0 Å². The van der Waals surface area contributed by atoms with Crippen molar-refractivity contribution in [1.29, 1.82) is 0 Å². The van der Waals surface area contributed by atoms with Gasteiger partial charge in [-0.3, -0.25) is 4.79 Å². The van der Waals surface area contributed by atoms with Crippen LogP contribution in [0.4, 0.5) is 16.4 Å². The molecule has 1 amide bonds. The number of carbonyl (C=O) groups excluding carboxylic acids is 2. The van der Waals surface area contributed by atoms with Crippen molar-refractivity contribution in [3.05, 3.63) is 77.2 Å². The number of halogens is 1. The highest BCUT2D eigenvalue weighted by Gasteiger charge is 2.24. The molecule has 5 aromatic rings. The van der Waals surface area contributed by atoms with Crippen LogP contribution in [0.1, 0.15) is 56.4 Å². The molecule has 1 aliphatic rings. The van der Waals surface area contributed by atoms with E-state index in [4.69, 9.17) is 16.3 Å². The number of aromatic nitrogens is 6. The zero-order valence-electron chi connectivity index (χ0n) is 22.9. The van der Waals surface area contributed by atoms with Crippen LogP contribution < -0.4 is 10.6 Å². The largest absolute Gasteiger partial charge is 0.443 e. The Hall–Kier alpha value is -4.51. The summed E-state index contributed by atoms with van der Waals surface area (Å²) in [5, 5.41) is 6.92. The minimum absolute atomic E-state index is 0.0355. The van der Waals surface area contributed by atoms with Crippen LogP contribution in [0, 0.1) is 0 Å². The lowest BCUT2D eigenvalue weighted by atomic mass is 10.1. The van der Waals surface area contributed by atoms with Crippen LogP contribution in [0.15, 0.2) is 55.4 Å². The molecule has 1 saturated carbocycles. The maximum atomic E-state index is 12.8. The maximum Gasteiger partial charge on any atom is 0.420 e. The van der Waals surface area contributed by atoms with Crippen LogP contribution in [-0.2, 0) is 22.5 Å². The van der Waals surface area contributed by atoms with E-state index < -0.39 is 11.7 Å². The first-order chi connectivity index (χ1) is 19.6. The van der Waals surface area contributed by atoms with Gasteiger partial charge in [-0.2, -0.15) is 0 Å². The summed E-state index contributed by atoms with van der Waals surface area (Å²) >= 11 is 6.37. The van der Waals surface area contributed by atoms with Gasteiger partial charge in [-0.1, -0.05) is 17.7 Å². The van der Waals surface area contributed by atoms with Gasteiger partial charge in [0.1, 0.15) is 29.2 Å². The Bertz CT molecular complexity index is 1780. The molecular weight excluding hydrogens is 544 g/mol. The van der Waals surface area contributed by atoms with Crippen molar-refractivity contribution in [3.63, 3.8) is 0 Å². The van der Waals surface area contributed by atoms with Gasteiger partial charge in [-0.05, 0) is 62.8 Å². The highest BCUT2D eigenvalue weighted by molar-refractivity contribution is 6.35. The molecule has 210 valence electrons. The summed E-state index contributed by atoms with van der Waals surface area (Å²) < 4.78 is 8.75. The van der Waals surface area contributed by atoms with Gasteiger partial charge in [0.05, 0.1) is 23.7 Å². The Balaban J connectivity index is 1.08. The second kappa shape index (κ2) is 10.5. The van der Waals surface area contributed by atoms with Crippen molar-refractivity contribution < 1.29 is 14.3 Å². The summed E-state index contributed by atoms with van der Waals surface area (Å²) in [6.07, 6.45) is 10.5. The second-order valence-corrected chi connectivity index (χ2v) is 11.6. The molecule has 1 aliphatic carbocycles. The zero-order chi connectivity index (χ0) is 28.7. The smallest absolute Gasteiger partial charge is 0.420 e. The van der Waals surface area contributed by atoms with E-state index in [9.17, 15) is 9.59 Å². The first-order valence-electron chi connectivity index (χ1n) is 13.3. The summed E-state index contributed by atoms with van der Waals surface area (Å²) in [5.74, 6) is 1.32. The van der Waals surface area contributed by atoms with Gasteiger partial charge >= 0.3 is 6.09 Å². The van der Waals surface area contributed by atoms with Crippen LogP contribution >= 0.6 is 11.6 Å². The molecule has 0 bridgehead atoms. The van der Waals surface area contributed by atoms with Crippen molar-refractivity contribution in [2.75, 3.05) is 10.6 Å². The molecule has 2 N–H and O–H groups in total. The summed E-state index contributed by atoms with van der Waals surface area (Å²) in [4.78, 5) is 42.8. The van der Waals surface area contributed by atoms with Gasteiger partial charge in [0.15, 0.2) is 5.65 Å². The van der Waals surface area contributed by atoms with Gasteiger partial charge in [-0.15, -0.1) is 0 Å². The number of nitrogens with one attached hydrogen (secondary N) is 2. The zero-order valence-corrected chi connectivity index (χ0v) is 23.6. The van der Waals surface area contributed by atoms with Gasteiger partial charge < -0.3 is 19.8 Å². The fourth-order valence-electron chi connectivity index (χ4n) is 4.54. The van der Waals surface area contributed by atoms with Crippen molar-refractivity contribution in [1.82, 2.24) is 28.9 Å². The van der Waals surface area contributed by atoms with E-state index in [1.54, 1.807) is 32.9 Å². The van der Waals surface area contributed by atoms with Gasteiger partial charge in [0, 0.05) is 36.2 Å². The number of carbonyl (C=O) groups is 2. The number of pyridine rings is 2. The Labute approximate surface area is 240 Å². The number of hydrogen-bond acceptors (Lipinski definition) is 8. The van der Waals surface area contributed by atoms with Crippen molar-refractivity contribution in [2.24, 2.45) is 0 Å². The Morgan fingerprint density at radius 2 is 1.88 bits per heavy atom. The Morgan fingerprint density at radius 3 is 2.66 bits per heavy atom. The minimum atomic E-state index is -0.664. The topological polar surface area (TPSA) is 128 Å². The van der Waals surface area contributed by atoms with E-state index in [0.29, 0.717) is 45.7 Å². The number of nitrogens with zero attached hydrogens (tertiary/aromatic N) is 6. The summed E-state index contributed by atoms with van der Waals surface area (Å²) in [7, 11) is 0. The normalized spacial score (nSPS) is 13.5. The fraction of sp³-hybridized carbons (Fsp3) is 0.310. The minimum Gasteiger partial charge on any atom is -0.443 e. The number of fused-ring (bicyclic) bond motifs is 2. The lowest BCUT2D eigenvalue weighted by Crippen LogP contribution is -2.26. The van der Waals surface area contributed by atoms with Gasteiger partial charge in [0.2, 0.25) is 5.91 Å². The molecule has 1 fully saturated rings. The molecule has 5 aromatic heterocycles. The predicted molar refractivity (Wildman–Crippen MR) is 155 cm³/mol. The first kappa shape index (κ1) is 26.7. The van der Waals surface area contributed by atoms with Crippen LogP contribution in [0.5, 0.6) is 0 Å². The third-order valence-corrected chi connectivity index (χ3v) is 6.87. The number of rotatable bonds is 7. The number of anilines is 2. The van der Waals surface area contributed by atoms with Crippen LogP contribution in [-0.4, -0.2) is 46.5 Å². The molecule has 6 rings (SSSR count). The number of ether oxygens (including phenoxy) is 1. The summed E-state index contributed by atoms with van der Waals surface area (Å²) in [6, 6.07) is 7.60. The third-order valence-electron chi connectivity index (χ3n) is 6.56. The van der Waals surface area contributed by atoms with E-state index in [1.807, 2.05) is 12.3 Å². The van der Waals surface area contributed by atoms with Crippen LogP contribution in [0.3, 0.4) is 0 Å². The van der Waals surface area contributed by atoms with Crippen LogP contribution in [0.25, 0.3) is 16.7 Å². The molecule has 11 nitrogen and oxygen atoms in total. The lowest BCUT2D eigenvalue weighted by molar-refractivity contribution is -0.115. The molecule has 0 unspecified atom stereocenters. The molecular formula is C29H29ClN8O3. The van der Waals surface area contributed by atoms with E-state index in [2.05, 4.69) is 47.2 Å². The molecule has 12 heteroatoms.